The number of hydrogen-bond acceptors (Lipinski definition) is 4. The summed E-state index contributed by atoms with van der Waals surface area (Å²) in [6.07, 6.45) is 2.60. The molecule has 0 saturated carbocycles. The summed E-state index contributed by atoms with van der Waals surface area (Å²) in [4.78, 5) is 15.4. The maximum atomic E-state index is 13.3. The molecule has 0 aliphatic carbocycles. The van der Waals surface area contributed by atoms with E-state index in [4.69, 9.17) is 9.47 Å². The molecule has 3 rings (SSSR count). The van der Waals surface area contributed by atoms with Gasteiger partial charge in [0.1, 0.15) is 17.3 Å². The van der Waals surface area contributed by atoms with Crippen LogP contribution in [0, 0.1) is 17.7 Å². The summed E-state index contributed by atoms with van der Waals surface area (Å²) in [5.74, 6) is 1.69. The van der Waals surface area contributed by atoms with Gasteiger partial charge in [0.05, 0.1) is 20.3 Å². The summed E-state index contributed by atoms with van der Waals surface area (Å²) in [6.45, 7) is 6.90. The SMILES string of the molecule is COc1cc(CCN2CCC(C(=O)N[C@@H](c3ccc(F)cc3)C(C)C)CC2)cc(OC)c1. The van der Waals surface area contributed by atoms with Gasteiger partial charge in [-0.25, -0.2) is 4.39 Å². The minimum atomic E-state index is -0.262. The van der Waals surface area contributed by atoms with Crippen molar-refractivity contribution in [2.75, 3.05) is 33.9 Å². The van der Waals surface area contributed by atoms with Gasteiger partial charge in [0.15, 0.2) is 0 Å². The monoisotopic (exact) mass is 442 g/mol. The summed E-state index contributed by atoms with van der Waals surface area (Å²) in [5.41, 5.74) is 2.13. The van der Waals surface area contributed by atoms with E-state index in [9.17, 15) is 9.18 Å². The molecule has 5 nitrogen and oxygen atoms in total. The number of methoxy groups -OCH3 is 2. The van der Waals surface area contributed by atoms with E-state index in [1.165, 1.54) is 17.7 Å². The van der Waals surface area contributed by atoms with E-state index >= 15 is 0 Å². The second-order valence-electron chi connectivity index (χ2n) is 8.87. The first-order chi connectivity index (χ1) is 15.4. The van der Waals surface area contributed by atoms with Crippen LogP contribution in [0.5, 0.6) is 11.5 Å². The Labute approximate surface area is 190 Å². The number of rotatable bonds is 9. The molecule has 1 aliphatic heterocycles. The lowest BCUT2D eigenvalue weighted by atomic mass is 9.92. The molecule has 1 atom stereocenters. The summed E-state index contributed by atoms with van der Waals surface area (Å²) < 4.78 is 24.0. The number of piperidine rings is 1. The predicted octanol–water partition coefficient (Wildman–Crippen LogP) is 4.61. The number of carbonyl (C=O) groups is 1. The maximum Gasteiger partial charge on any atom is 0.223 e. The zero-order chi connectivity index (χ0) is 23.1. The zero-order valence-corrected chi connectivity index (χ0v) is 19.6. The Morgan fingerprint density at radius 2 is 1.66 bits per heavy atom. The van der Waals surface area contributed by atoms with Crippen LogP contribution in [0.1, 0.15) is 43.9 Å². The fraction of sp³-hybridized carbons (Fsp3) is 0.500. The number of hydrogen-bond donors (Lipinski definition) is 1. The Morgan fingerprint density at radius 3 is 2.19 bits per heavy atom. The normalized spacial score (nSPS) is 16.1. The molecule has 6 heteroatoms. The Bertz CT molecular complexity index is 855. The topological polar surface area (TPSA) is 50.8 Å². The standard InChI is InChI=1S/C26H35FN2O3/c1-18(2)25(20-5-7-22(27)8-6-20)28-26(30)21-10-13-29(14-11-21)12-9-19-15-23(31-3)17-24(16-19)32-4/h5-8,15-18,21,25H,9-14H2,1-4H3,(H,28,30)/t25-/m1/s1. The summed E-state index contributed by atoms with van der Waals surface area (Å²) >= 11 is 0. The number of halogens is 1. The smallest absolute Gasteiger partial charge is 0.223 e. The van der Waals surface area contributed by atoms with Gasteiger partial charge in [-0.2, -0.15) is 0 Å². The molecule has 1 amide bonds. The second kappa shape index (κ2) is 11.3. The molecule has 1 N–H and O–H groups in total. The molecule has 174 valence electrons. The van der Waals surface area contributed by atoms with Crippen LogP contribution in [0.25, 0.3) is 0 Å². The Morgan fingerprint density at radius 1 is 1.06 bits per heavy atom. The predicted molar refractivity (Wildman–Crippen MR) is 125 cm³/mol. The van der Waals surface area contributed by atoms with Crippen LogP contribution in [0.2, 0.25) is 0 Å². The van der Waals surface area contributed by atoms with E-state index in [0.717, 1.165) is 56.0 Å². The van der Waals surface area contributed by atoms with Crippen LogP contribution in [0.3, 0.4) is 0 Å². The molecule has 0 aromatic heterocycles. The van der Waals surface area contributed by atoms with Crippen molar-refractivity contribution >= 4 is 5.91 Å². The third-order valence-electron chi connectivity index (χ3n) is 6.28. The largest absolute Gasteiger partial charge is 0.497 e. The first-order valence-corrected chi connectivity index (χ1v) is 11.4. The summed E-state index contributed by atoms with van der Waals surface area (Å²) in [5, 5.41) is 3.21. The van der Waals surface area contributed by atoms with Crippen molar-refractivity contribution in [3.05, 3.63) is 59.4 Å². The number of nitrogens with one attached hydrogen (secondary N) is 1. The van der Waals surface area contributed by atoms with Crippen molar-refractivity contribution in [2.24, 2.45) is 11.8 Å². The first-order valence-electron chi connectivity index (χ1n) is 11.4. The van der Waals surface area contributed by atoms with Crippen LogP contribution in [0.4, 0.5) is 4.39 Å². The summed E-state index contributed by atoms with van der Waals surface area (Å²) in [7, 11) is 3.32. The van der Waals surface area contributed by atoms with Gasteiger partial charge in [-0.05, 0) is 73.7 Å². The fourth-order valence-electron chi connectivity index (χ4n) is 4.29. The van der Waals surface area contributed by atoms with Crippen LogP contribution in [-0.2, 0) is 11.2 Å². The van der Waals surface area contributed by atoms with E-state index in [0.29, 0.717) is 0 Å². The molecule has 2 aromatic rings. The van der Waals surface area contributed by atoms with Gasteiger partial charge in [0.25, 0.3) is 0 Å². The molecular weight excluding hydrogens is 407 g/mol. The van der Waals surface area contributed by atoms with Crippen molar-refractivity contribution in [1.82, 2.24) is 10.2 Å². The Balaban J connectivity index is 1.50. The number of likely N-dealkylation sites (tertiary alicyclic amines) is 1. The fourth-order valence-corrected chi connectivity index (χ4v) is 4.29. The molecule has 1 aliphatic rings. The number of nitrogens with zero attached hydrogens (tertiary/aromatic N) is 1. The Hall–Kier alpha value is -2.60. The first kappa shape index (κ1) is 24.1. The van der Waals surface area contributed by atoms with Gasteiger partial charge < -0.3 is 19.7 Å². The lowest BCUT2D eigenvalue weighted by Gasteiger charge is -2.33. The average Bonchev–Trinajstić information content (AvgIpc) is 2.81. The molecule has 1 saturated heterocycles. The van der Waals surface area contributed by atoms with Crippen LogP contribution in [0.15, 0.2) is 42.5 Å². The minimum absolute atomic E-state index is 0.0184. The van der Waals surface area contributed by atoms with Crippen molar-refractivity contribution in [1.29, 1.82) is 0 Å². The average molecular weight is 443 g/mol. The van der Waals surface area contributed by atoms with Crippen molar-refractivity contribution < 1.29 is 18.7 Å². The van der Waals surface area contributed by atoms with Crippen molar-refractivity contribution in [3.8, 4) is 11.5 Å². The van der Waals surface area contributed by atoms with Gasteiger partial charge in [0.2, 0.25) is 5.91 Å². The molecule has 1 fully saturated rings. The van der Waals surface area contributed by atoms with E-state index in [2.05, 4.69) is 24.1 Å². The van der Waals surface area contributed by atoms with E-state index in [1.807, 2.05) is 18.2 Å². The number of benzene rings is 2. The van der Waals surface area contributed by atoms with Gasteiger partial charge >= 0.3 is 0 Å². The molecular formula is C26H35FN2O3. The highest BCUT2D eigenvalue weighted by atomic mass is 19.1. The maximum absolute atomic E-state index is 13.3. The lowest BCUT2D eigenvalue weighted by Crippen LogP contribution is -2.42. The van der Waals surface area contributed by atoms with Crippen LogP contribution < -0.4 is 14.8 Å². The number of ether oxygens (including phenoxy) is 2. The number of amides is 1. The zero-order valence-electron chi connectivity index (χ0n) is 19.6. The molecule has 0 radical (unpaired) electrons. The van der Waals surface area contributed by atoms with E-state index in [1.54, 1.807) is 26.4 Å². The highest BCUT2D eigenvalue weighted by Crippen LogP contribution is 2.26. The lowest BCUT2D eigenvalue weighted by molar-refractivity contribution is -0.127. The second-order valence-corrected chi connectivity index (χ2v) is 8.87. The summed E-state index contributed by atoms with van der Waals surface area (Å²) in [6, 6.07) is 12.3. The van der Waals surface area contributed by atoms with Gasteiger partial charge in [-0.3, -0.25) is 4.79 Å². The Kier molecular flexibility index (Phi) is 8.51. The minimum Gasteiger partial charge on any atom is -0.497 e. The van der Waals surface area contributed by atoms with Crippen LogP contribution in [-0.4, -0.2) is 44.7 Å². The van der Waals surface area contributed by atoms with E-state index < -0.39 is 0 Å². The third kappa shape index (κ3) is 6.45. The molecule has 0 spiro atoms. The molecule has 2 aromatic carbocycles. The third-order valence-corrected chi connectivity index (χ3v) is 6.28. The van der Waals surface area contributed by atoms with Gasteiger partial charge in [-0.1, -0.05) is 26.0 Å². The van der Waals surface area contributed by atoms with Crippen molar-refractivity contribution in [3.63, 3.8) is 0 Å². The molecule has 1 heterocycles. The molecule has 32 heavy (non-hydrogen) atoms. The van der Waals surface area contributed by atoms with Gasteiger partial charge in [-0.15, -0.1) is 0 Å². The molecule has 0 unspecified atom stereocenters. The van der Waals surface area contributed by atoms with Crippen molar-refractivity contribution in [2.45, 2.75) is 39.2 Å². The van der Waals surface area contributed by atoms with Gasteiger partial charge in [0, 0.05) is 18.5 Å². The highest BCUT2D eigenvalue weighted by Gasteiger charge is 2.27. The molecule has 0 bridgehead atoms. The quantitative estimate of drug-likeness (QED) is 0.616. The van der Waals surface area contributed by atoms with Crippen LogP contribution >= 0.6 is 0 Å². The highest BCUT2D eigenvalue weighted by molar-refractivity contribution is 5.79. The van der Waals surface area contributed by atoms with E-state index in [-0.39, 0.29) is 29.6 Å². The number of carbonyl (C=O) groups excluding carboxylic acids is 1.